The minimum atomic E-state index is -0.130. The van der Waals surface area contributed by atoms with Gasteiger partial charge >= 0.3 is 5.97 Å². The third-order valence-electron chi connectivity index (χ3n) is 9.10. The Kier molecular flexibility index (Phi) is 4.53. The van der Waals surface area contributed by atoms with Crippen molar-refractivity contribution in [2.24, 2.45) is 40.2 Å². The van der Waals surface area contributed by atoms with E-state index in [1.54, 1.807) is 5.57 Å². The van der Waals surface area contributed by atoms with Crippen LogP contribution in [0.5, 0.6) is 0 Å². The molecule has 0 aromatic rings. The van der Waals surface area contributed by atoms with Crippen LogP contribution in [0.15, 0.2) is 11.6 Å². The molecule has 0 bridgehead atoms. The predicted molar refractivity (Wildman–Crippen MR) is 104 cm³/mol. The van der Waals surface area contributed by atoms with E-state index in [1.807, 2.05) is 0 Å². The lowest BCUT2D eigenvalue weighted by Crippen LogP contribution is -2.52. The highest BCUT2D eigenvalue weighted by Crippen LogP contribution is 2.66. The molecule has 8 atom stereocenters. The molecule has 0 radical (unpaired) electrons. The van der Waals surface area contributed by atoms with Gasteiger partial charge in [-0.25, -0.2) is 0 Å². The Labute approximate surface area is 159 Å². The van der Waals surface area contributed by atoms with Crippen LogP contribution in [0.3, 0.4) is 0 Å². The van der Waals surface area contributed by atoms with Gasteiger partial charge in [-0.2, -0.15) is 0 Å². The number of nitrogens with two attached hydrogens (primary N) is 1. The average molecular weight is 360 g/mol. The Bertz CT molecular complexity index is 611. The molecule has 0 aromatic heterocycles. The van der Waals surface area contributed by atoms with Gasteiger partial charge in [0.2, 0.25) is 0 Å². The van der Waals surface area contributed by atoms with Crippen LogP contribution < -0.4 is 5.73 Å². The second-order valence-corrected chi connectivity index (χ2v) is 10.3. The van der Waals surface area contributed by atoms with Gasteiger partial charge in [-0.3, -0.25) is 4.79 Å². The third-order valence-corrected chi connectivity index (χ3v) is 9.10. The lowest BCUT2D eigenvalue weighted by molar-refractivity contribution is -0.148. The summed E-state index contributed by atoms with van der Waals surface area (Å²) < 4.78 is 5.55. The molecule has 3 saturated carbocycles. The Morgan fingerprint density at radius 1 is 1.19 bits per heavy atom. The van der Waals surface area contributed by atoms with Crippen LogP contribution in [0.25, 0.3) is 0 Å². The molecule has 4 rings (SSSR count). The fourth-order valence-corrected chi connectivity index (χ4v) is 7.87. The van der Waals surface area contributed by atoms with Gasteiger partial charge in [0.05, 0.1) is 0 Å². The molecular weight excluding hydrogens is 322 g/mol. The molecule has 3 heteroatoms. The number of allylic oxidation sites excluding steroid dienone is 1. The van der Waals surface area contributed by atoms with Gasteiger partial charge in [0.15, 0.2) is 0 Å². The van der Waals surface area contributed by atoms with E-state index in [1.165, 1.54) is 45.4 Å². The first-order chi connectivity index (χ1) is 12.3. The van der Waals surface area contributed by atoms with Crippen molar-refractivity contribution in [1.29, 1.82) is 0 Å². The number of rotatable bonds is 2. The summed E-state index contributed by atoms with van der Waals surface area (Å²) in [5.74, 6) is 3.06. The van der Waals surface area contributed by atoms with Gasteiger partial charge in [-0.1, -0.05) is 25.5 Å². The maximum absolute atomic E-state index is 11.4. The highest BCUT2D eigenvalue weighted by Gasteiger charge is 2.59. The molecule has 4 aliphatic rings. The number of fused-ring (bicyclic) bond motifs is 5. The normalized spacial score (nSPS) is 48.7. The van der Waals surface area contributed by atoms with Gasteiger partial charge in [-0.15, -0.1) is 0 Å². The quantitative estimate of drug-likeness (QED) is 0.567. The number of carbonyl (C=O) groups is 1. The molecule has 0 saturated heterocycles. The van der Waals surface area contributed by atoms with Crippen LogP contribution in [0.4, 0.5) is 0 Å². The average Bonchev–Trinajstić information content (AvgIpc) is 2.92. The van der Waals surface area contributed by atoms with E-state index in [2.05, 4.69) is 26.8 Å². The van der Waals surface area contributed by atoms with Crippen molar-refractivity contribution < 1.29 is 9.53 Å². The Hall–Kier alpha value is -0.830. The zero-order valence-electron chi connectivity index (χ0n) is 17.1. The van der Waals surface area contributed by atoms with Crippen molar-refractivity contribution in [3.63, 3.8) is 0 Å². The van der Waals surface area contributed by atoms with Crippen molar-refractivity contribution in [2.75, 3.05) is 0 Å². The molecular formula is C23H37NO2. The molecule has 26 heavy (non-hydrogen) atoms. The Morgan fingerprint density at radius 3 is 2.65 bits per heavy atom. The summed E-state index contributed by atoms with van der Waals surface area (Å²) in [5, 5.41) is 0. The highest BCUT2D eigenvalue weighted by atomic mass is 16.5. The van der Waals surface area contributed by atoms with Crippen LogP contribution in [0.1, 0.15) is 79.1 Å². The fraction of sp³-hybridized carbons (Fsp3) is 0.870. The summed E-state index contributed by atoms with van der Waals surface area (Å²) in [5.41, 5.74) is 8.75. The molecule has 4 aliphatic carbocycles. The van der Waals surface area contributed by atoms with Crippen LogP contribution in [0.2, 0.25) is 0 Å². The summed E-state index contributed by atoms with van der Waals surface area (Å²) >= 11 is 0. The summed E-state index contributed by atoms with van der Waals surface area (Å²) in [7, 11) is 0. The highest BCUT2D eigenvalue weighted by molar-refractivity contribution is 5.66. The molecule has 0 spiro atoms. The lowest BCUT2D eigenvalue weighted by atomic mass is 9.47. The van der Waals surface area contributed by atoms with E-state index in [-0.39, 0.29) is 12.1 Å². The van der Waals surface area contributed by atoms with Crippen molar-refractivity contribution >= 4 is 5.97 Å². The van der Waals surface area contributed by atoms with E-state index in [9.17, 15) is 4.79 Å². The zero-order valence-corrected chi connectivity index (χ0v) is 17.1. The topological polar surface area (TPSA) is 52.3 Å². The van der Waals surface area contributed by atoms with Crippen molar-refractivity contribution in [3.05, 3.63) is 11.6 Å². The van der Waals surface area contributed by atoms with Crippen molar-refractivity contribution in [2.45, 2.75) is 91.2 Å². The number of ether oxygens (including phenoxy) is 1. The Morgan fingerprint density at radius 2 is 1.96 bits per heavy atom. The van der Waals surface area contributed by atoms with E-state index < -0.39 is 0 Å². The largest absolute Gasteiger partial charge is 0.462 e. The number of hydrogen-bond acceptors (Lipinski definition) is 3. The van der Waals surface area contributed by atoms with Gasteiger partial charge in [0.25, 0.3) is 0 Å². The molecule has 0 amide bonds. The second-order valence-electron chi connectivity index (χ2n) is 10.3. The van der Waals surface area contributed by atoms with Crippen molar-refractivity contribution in [1.82, 2.24) is 0 Å². The van der Waals surface area contributed by atoms with Gasteiger partial charge in [0, 0.05) is 19.4 Å². The van der Waals surface area contributed by atoms with Gasteiger partial charge < -0.3 is 10.5 Å². The van der Waals surface area contributed by atoms with E-state index in [4.69, 9.17) is 10.5 Å². The summed E-state index contributed by atoms with van der Waals surface area (Å²) in [6.45, 7) is 8.82. The first-order valence-corrected chi connectivity index (χ1v) is 10.9. The maximum atomic E-state index is 11.4. The SMILES string of the molecule is CC(=O)O[C@H]1CC[C@@]2(C)C(=CC[C@H]3[C@H]2CC[C@]2(C)[C@@H]([C@H](C)N)CC[C@@H]32)C1. The minimum absolute atomic E-state index is 0.103. The molecule has 3 nitrogen and oxygen atoms in total. The number of esters is 1. The van der Waals surface area contributed by atoms with Crippen LogP contribution in [-0.4, -0.2) is 18.1 Å². The summed E-state index contributed by atoms with van der Waals surface area (Å²) in [4.78, 5) is 11.4. The summed E-state index contributed by atoms with van der Waals surface area (Å²) in [6.07, 6.45) is 12.4. The third kappa shape index (κ3) is 2.68. The van der Waals surface area contributed by atoms with Gasteiger partial charge in [0.1, 0.15) is 6.10 Å². The summed E-state index contributed by atoms with van der Waals surface area (Å²) in [6, 6.07) is 0.325. The Balaban J connectivity index is 1.58. The van der Waals surface area contributed by atoms with Crippen molar-refractivity contribution in [3.8, 4) is 0 Å². The fourth-order valence-electron chi connectivity index (χ4n) is 7.87. The smallest absolute Gasteiger partial charge is 0.302 e. The minimum Gasteiger partial charge on any atom is -0.462 e. The van der Waals surface area contributed by atoms with E-state index >= 15 is 0 Å². The standard InChI is InChI=1S/C23H37NO2/c1-14(24)19-7-8-20-18-6-5-16-13-17(26-15(2)25)9-11-22(16,3)21(18)10-12-23(19,20)4/h5,14,17-21H,6-13,24H2,1-4H3/t14-,17-,18+,19+,20-,21+,22-,23+/m0/s1. The first kappa shape index (κ1) is 18.5. The molecule has 2 N–H and O–H groups in total. The predicted octanol–water partition coefficient (Wildman–Crippen LogP) is 4.84. The van der Waals surface area contributed by atoms with Crippen LogP contribution in [0, 0.1) is 34.5 Å². The van der Waals surface area contributed by atoms with E-state index in [0.29, 0.717) is 22.8 Å². The van der Waals surface area contributed by atoms with E-state index in [0.717, 1.165) is 30.6 Å². The zero-order chi connectivity index (χ0) is 18.7. The molecule has 0 aromatic carbocycles. The van der Waals surface area contributed by atoms with Gasteiger partial charge in [-0.05, 0) is 86.4 Å². The monoisotopic (exact) mass is 359 g/mol. The molecule has 0 aliphatic heterocycles. The molecule has 0 heterocycles. The maximum Gasteiger partial charge on any atom is 0.302 e. The van der Waals surface area contributed by atoms with Crippen LogP contribution in [-0.2, 0) is 9.53 Å². The molecule has 3 fully saturated rings. The lowest BCUT2D eigenvalue weighted by Gasteiger charge is -2.58. The first-order valence-electron chi connectivity index (χ1n) is 10.9. The molecule has 0 unspecified atom stereocenters. The number of carbonyl (C=O) groups excluding carboxylic acids is 1. The number of hydrogen-bond donors (Lipinski definition) is 1. The second kappa shape index (κ2) is 6.36. The molecule has 146 valence electrons. The van der Waals surface area contributed by atoms with Crippen LogP contribution >= 0.6 is 0 Å².